The Kier molecular flexibility index (Phi) is 13.0. The Labute approximate surface area is 233 Å². The van der Waals surface area contributed by atoms with Crippen molar-refractivity contribution in [2.24, 2.45) is 0 Å². The molecule has 7 nitrogen and oxygen atoms in total. The first-order valence-corrected chi connectivity index (χ1v) is 13.2. The SMILES string of the molecule is CC.CC(=O)Nc1ccc(Cl)cc1.CCOC(=O)C(F)Oc1ccc(C(=O)N2CCCc3ccccc32)cc1. The van der Waals surface area contributed by atoms with E-state index in [1.54, 1.807) is 48.2 Å². The molecule has 1 aliphatic rings. The number of nitrogens with one attached hydrogen (secondary N) is 1. The van der Waals surface area contributed by atoms with E-state index in [2.05, 4.69) is 10.1 Å². The number of halogens is 2. The summed E-state index contributed by atoms with van der Waals surface area (Å²) in [6, 6.07) is 20.9. The van der Waals surface area contributed by atoms with Crippen LogP contribution in [0.25, 0.3) is 0 Å². The van der Waals surface area contributed by atoms with Gasteiger partial charge in [0.1, 0.15) is 5.75 Å². The summed E-state index contributed by atoms with van der Waals surface area (Å²) in [4.78, 5) is 36.4. The summed E-state index contributed by atoms with van der Waals surface area (Å²) < 4.78 is 23.1. The fourth-order valence-electron chi connectivity index (χ4n) is 3.69. The third kappa shape index (κ3) is 9.72. The summed E-state index contributed by atoms with van der Waals surface area (Å²) in [5, 5.41) is 3.30. The molecule has 2 amide bonds. The Bertz CT molecular complexity index is 1220. The lowest BCUT2D eigenvalue weighted by atomic mass is 10.0. The number of anilines is 2. The monoisotopic (exact) mass is 556 g/mol. The van der Waals surface area contributed by atoms with E-state index in [-0.39, 0.29) is 24.2 Å². The number of fused-ring (bicyclic) bond motifs is 1. The third-order valence-corrected chi connectivity index (χ3v) is 5.58. The van der Waals surface area contributed by atoms with E-state index in [1.807, 2.05) is 38.1 Å². The van der Waals surface area contributed by atoms with Gasteiger partial charge in [-0.3, -0.25) is 9.59 Å². The zero-order valence-electron chi connectivity index (χ0n) is 22.6. The first-order valence-electron chi connectivity index (χ1n) is 12.8. The van der Waals surface area contributed by atoms with Crippen LogP contribution in [-0.4, -0.2) is 37.3 Å². The van der Waals surface area contributed by atoms with Crippen LogP contribution in [0.1, 0.15) is 50.0 Å². The molecule has 0 spiro atoms. The highest BCUT2D eigenvalue weighted by atomic mass is 35.5. The fraction of sp³-hybridized carbons (Fsp3) is 0.300. The summed E-state index contributed by atoms with van der Waals surface area (Å²) >= 11 is 5.64. The van der Waals surface area contributed by atoms with Crippen LogP contribution < -0.4 is 15.0 Å². The molecule has 1 N–H and O–H groups in total. The maximum Gasteiger partial charge on any atom is 0.381 e. The van der Waals surface area contributed by atoms with Crippen LogP contribution in [0.2, 0.25) is 5.02 Å². The molecule has 208 valence electrons. The molecule has 1 unspecified atom stereocenters. The first kappa shape index (κ1) is 31.3. The van der Waals surface area contributed by atoms with Gasteiger partial charge in [-0.05, 0) is 79.9 Å². The Morgan fingerprint density at radius 2 is 1.64 bits per heavy atom. The Balaban J connectivity index is 0.000000343. The summed E-state index contributed by atoms with van der Waals surface area (Å²) in [6.07, 6.45) is -0.323. The van der Waals surface area contributed by atoms with E-state index in [4.69, 9.17) is 16.3 Å². The van der Waals surface area contributed by atoms with Gasteiger partial charge in [0.2, 0.25) is 5.91 Å². The van der Waals surface area contributed by atoms with Gasteiger partial charge in [-0.1, -0.05) is 43.6 Å². The molecule has 3 aromatic rings. The molecule has 0 fully saturated rings. The number of rotatable bonds is 6. The van der Waals surface area contributed by atoms with Crippen molar-refractivity contribution >= 4 is 40.8 Å². The number of ether oxygens (including phenoxy) is 2. The fourth-order valence-corrected chi connectivity index (χ4v) is 3.81. The quantitative estimate of drug-likeness (QED) is 0.336. The second-order valence-corrected chi connectivity index (χ2v) is 8.52. The maximum atomic E-state index is 13.6. The standard InChI is InChI=1S/C20H20FNO4.C8H8ClNO.C2H6/c1-2-25-20(24)18(21)26-16-11-9-15(10-12-16)19(23)22-13-5-7-14-6-3-4-8-17(14)22;1-6(11)10-8-4-2-7(9)3-5-8;1-2/h3-4,6,8-12,18H,2,5,7,13H2,1H3;2-5H,1H3,(H,10,11);1-2H3. The van der Waals surface area contributed by atoms with E-state index in [0.717, 1.165) is 29.8 Å². The summed E-state index contributed by atoms with van der Waals surface area (Å²) in [5.41, 5.74) is 3.32. The highest BCUT2D eigenvalue weighted by Crippen LogP contribution is 2.28. The van der Waals surface area contributed by atoms with Crippen molar-refractivity contribution in [1.29, 1.82) is 0 Å². The van der Waals surface area contributed by atoms with Gasteiger partial charge in [0.25, 0.3) is 5.91 Å². The van der Waals surface area contributed by atoms with Crippen LogP contribution >= 0.6 is 11.6 Å². The molecule has 39 heavy (non-hydrogen) atoms. The molecule has 0 saturated carbocycles. The molecule has 0 aliphatic carbocycles. The van der Waals surface area contributed by atoms with Gasteiger partial charge in [-0.2, -0.15) is 4.39 Å². The smallest absolute Gasteiger partial charge is 0.381 e. The molecular formula is C30H34ClFN2O5. The Morgan fingerprint density at radius 1 is 1.00 bits per heavy atom. The van der Waals surface area contributed by atoms with Gasteiger partial charge < -0.3 is 19.7 Å². The van der Waals surface area contributed by atoms with Crippen molar-refractivity contribution in [2.75, 3.05) is 23.4 Å². The topological polar surface area (TPSA) is 84.9 Å². The normalized spacial score (nSPS) is 12.3. The number of amides is 2. The van der Waals surface area contributed by atoms with Crippen molar-refractivity contribution in [2.45, 2.75) is 46.9 Å². The van der Waals surface area contributed by atoms with Crippen LogP contribution in [0, 0.1) is 0 Å². The van der Waals surface area contributed by atoms with E-state index in [9.17, 15) is 18.8 Å². The molecule has 4 rings (SSSR count). The van der Waals surface area contributed by atoms with Gasteiger partial charge >= 0.3 is 12.3 Å². The number of hydrogen-bond acceptors (Lipinski definition) is 5. The molecule has 3 aromatic carbocycles. The molecule has 0 aromatic heterocycles. The van der Waals surface area contributed by atoms with E-state index >= 15 is 0 Å². The second-order valence-electron chi connectivity index (χ2n) is 8.09. The third-order valence-electron chi connectivity index (χ3n) is 5.33. The van der Waals surface area contributed by atoms with Crippen LogP contribution in [0.5, 0.6) is 5.75 Å². The number of alkyl halides is 1. The van der Waals surface area contributed by atoms with Crippen molar-refractivity contribution < 1.29 is 28.2 Å². The molecule has 9 heteroatoms. The van der Waals surface area contributed by atoms with E-state index < -0.39 is 12.3 Å². The minimum absolute atomic E-state index is 0.0766. The van der Waals surface area contributed by atoms with Crippen LogP contribution in [0.3, 0.4) is 0 Å². The first-order chi connectivity index (χ1) is 18.8. The highest BCUT2D eigenvalue weighted by Gasteiger charge is 2.24. The Morgan fingerprint density at radius 3 is 2.26 bits per heavy atom. The van der Waals surface area contributed by atoms with Crippen molar-refractivity contribution in [3.63, 3.8) is 0 Å². The number of para-hydroxylation sites is 1. The van der Waals surface area contributed by atoms with E-state index in [0.29, 0.717) is 17.1 Å². The van der Waals surface area contributed by atoms with Gasteiger partial charge in [0.15, 0.2) is 0 Å². The Hall–Kier alpha value is -3.91. The number of nitrogens with zero attached hydrogens (tertiary/aromatic N) is 1. The molecule has 0 radical (unpaired) electrons. The summed E-state index contributed by atoms with van der Waals surface area (Å²) in [6.45, 7) is 7.79. The minimum Gasteiger partial charge on any atom is -0.461 e. The number of esters is 1. The van der Waals surface area contributed by atoms with Crippen LogP contribution in [-0.2, 0) is 20.7 Å². The summed E-state index contributed by atoms with van der Waals surface area (Å²) in [5.74, 6) is -1.11. The molecular weight excluding hydrogens is 523 g/mol. The summed E-state index contributed by atoms with van der Waals surface area (Å²) in [7, 11) is 0. The highest BCUT2D eigenvalue weighted by molar-refractivity contribution is 6.30. The van der Waals surface area contributed by atoms with Crippen LogP contribution in [0.4, 0.5) is 15.8 Å². The second kappa shape index (κ2) is 16.1. The van der Waals surface area contributed by atoms with E-state index in [1.165, 1.54) is 19.1 Å². The van der Waals surface area contributed by atoms with Gasteiger partial charge in [-0.25, -0.2) is 4.79 Å². The molecule has 0 bridgehead atoms. The van der Waals surface area contributed by atoms with Crippen molar-refractivity contribution in [3.05, 3.63) is 88.9 Å². The largest absolute Gasteiger partial charge is 0.461 e. The average molecular weight is 557 g/mol. The molecule has 1 atom stereocenters. The number of benzene rings is 3. The zero-order chi connectivity index (χ0) is 28.8. The average Bonchev–Trinajstić information content (AvgIpc) is 2.95. The van der Waals surface area contributed by atoms with Gasteiger partial charge in [0.05, 0.1) is 6.61 Å². The maximum absolute atomic E-state index is 13.6. The molecule has 1 aliphatic heterocycles. The van der Waals surface area contributed by atoms with Gasteiger partial charge in [0, 0.05) is 35.4 Å². The lowest BCUT2D eigenvalue weighted by molar-refractivity contribution is -0.159. The predicted molar refractivity (Wildman–Crippen MR) is 152 cm³/mol. The molecule has 0 saturated heterocycles. The number of hydrogen-bond donors (Lipinski definition) is 1. The van der Waals surface area contributed by atoms with Crippen molar-refractivity contribution in [3.8, 4) is 5.75 Å². The predicted octanol–water partition coefficient (Wildman–Crippen LogP) is 6.84. The van der Waals surface area contributed by atoms with Crippen LogP contribution in [0.15, 0.2) is 72.8 Å². The lowest BCUT2D eigenvalue weighted by Crippen LogP contribution is -2.35. The zero-order valence-corrected chi connectivity index (χ0v) is 23.3. The minimum atomic E-state index is -2.19. The number of carbonyl (C=O) groups is 3. The lowest BCUT2D eigenvalue weighted by Gasteiger charge is -2.29. The number of carbonyl (C=O) groups excluding carboxylic acids is 3. The number of aryl methyl sites for hydroxylation is 1. The van der Waals surface area contributed by atoms with Gasteiger partial charge in [-0.15, -0.1) is 0 Å². The molecule has 1 heterocycles. The van der Waals surface area contributed by atoms with Crippen molar-refractivity contribution in [1.82, 2.24) is 0 Å².